The number of nitrogens with one attached hydrogen (secondary N) is 1. The van der Waals surface area contributed by atoms with Crippen LogP contribution in [0.5, 0.6) is 0 Å². The number of amides is 1. The fourth-order valence-corrected chi connectivity index (χ4v) is 3.89. The van der Waals surface area contributed by atoms with Crippen molar-refractivity contribution in [1.29, 1.82) is 0 Å². The molecule has 0 radical (unpaired) electrons. The Morgan fingerprint density at radius 1 is 1.38 bits per heavy atom. The van der Waals surface area contributed by atoms with Crippen molar-refractivity contribution in [3.8, 4) is 0 Å². The van der Waals surface area contributed by atoms with E-state index in [0.717, 1.165) is 35.7 Å². The molecule has 126 valence electrons. The lowest BCUT2D eigenvalue weighted by atomic mass is 10.1. The van der Waals surface area contributed by atoms with Crippen LogP contribution in [0.4, 0.5) is 0 Å². The Kier molecular flexibility index (Phi) is 4.06. The summed E-state index contributed by atoms with van der Waals surface area (Å²) in [6, 6.07) is 8.02. The Morgan fingerprint density at radius 2 is 2.21 bits per heavy atom. The number of carbonyl (C=O) groups is 1. The molecule has 1 saturated carbocycles. The van der Waals surface area contributed by atoms with Crippen LogP contribution in [0.25, 0.3) is 0 Å². The number of rotatable bonds is 3. The van der Waals surface area contributed by atoms with Crippen LogP contribution in [0.3, 0.4) is 0 Å². The van der Waals surface area contributed by atoms with Gasteiger partial charge in [-0.2, -0.15) is 5.10 Å². The molecule has 1 amide bonds. The molecule has 24 heavy (non-hydrogen) atoms. The maximum atomic E-state index is 12.9. The maximum Gasteiger partial charge on any atom is 0.226 e. The number of halogens is 1. The van der Waals surface area contributed by atoms with Gasteiger partial charge in [-0.25, -0.2) is 0 Å². The first kappa shape index (κ1) is 15.7. The quantitative estimate of drug-likeness (QED) is 0.930. The third-order valence-corrected chi connectivity index (χ3v) is 5.37. The second kappa shape index (κ2) is 6.22. The molecule has 6 heteroatoms. The van der Waals surface area contributed by atoms with E-state index in [9.17, 15) is 4.79 Å². The molecular weight excluding hydrogens is 324 g/mol. The lowest BCUT2D eigenvalue weighted by Gasteiger charge is -2.33. The molecular formula is C18H21ClN4O. The SMILES string of the molecule is Cn1cc(C2CN(C(=O)[C@@H]3C[C@H]3c3ccccc3Cl)CCN2)cn1. The largest absolute Gasteiger partial charge is 0.339 e. The second-order valence-corrected chi connectivity index (χ2v) is 7.12. The van der Waals surface area contributed by atoms with Crippen molar-refractivity contribution < 1.29 is 4.79 Å². The summed E-state index contributed by atoms with van der Waals surface area (Å²) in [6.45, 7) is 2.28. The zero-order valence-corrected chi connectivity index (χ0v) is 14.4. The lowest BCUT2D eigenvalue weighted by Crippen LogP contribution is -2.48. The smallest absolute Gasteiger partial charge is 0.226 e. The van der Waals surface area contributed by atoms with Gasteiger partial charge in [0.25, 0.3) is 0 Å². The molecule has 0 spiro atoms. The van der Waals surface area contributed by atoms with Gasteiger partial charge in [-0.05, 0) is 24.0 Å². The number of piperazine rings is 1. The predicted molar refractivity (Wildman–Crippen MR) is 92.8 cm³/mol. The summed E-state index contributed by atoms with van der Waals surface area (Å²) in [6.07, 6.45) is 4.79. The Morgan fingerprint density at radius 3 is 2.96 bits per heavy atom. The molecule has 2 aliphatic rings. The summed E-state index contributed by atoms with van der Waals surface area (Å²) in [7, 11) is 1.91. The van der Waals surface area contributed by atoms with Gasteiger partial charge in [0.2, 0.25) is 5.91 Å². The van der Waals surface area contributed by atoms with Crippen molar-refractivity contribution in [3.05, 3.63) is 52.8 Å². The third-order valence-electron chi connectivity index (χ3n) is 5.03. The third kappa shape index (κ3) is 2.94. The standard InChI is InChI=1S/C18H21ClN4O/c1-22-10-12(9-21-22)17-11-23(7-6-20-17)18(24)15-8-14(15)13-4-2-3-5-16(13)19/h2-5,9-10,14-15,17,20H,6-8,11H2,1H3/t14-,15+,17?/m0/s1. The van der Waals surface area contributed by atoms with Crippen molar-refractivity contribution in [2.75, 3.05) is 19.6 Å². The summed E-state index contributed by atoms with van der Waals surface area (Å²) in [5.74, 6) is 0.616. The highest BCUT2D eigenvalue weighted by Crippen LogP contribution is 2.50. The summed E-state index contributed by atoms with van der Waals surface area (Å²) in [4.78, 5) is 14.9. The van der Waals surface area contributed by atoms with Crippen molar-refractivity contribution in [1.82, 2.24) is 20.0 Å². The van der Waals surface area contributed by atoms with Gasteiger partial charge in [0.05, 0.1) is 12.2 Å². The number of hydrogen-bond acceptors (Lipinski definition) is 3. The van der Waals surface area contributed by atoms with Crippen LogP contribution in [-0.2, 0) is 11.8 Å². The van der Waals surface area contributed by atoms with Gasteiger partial charge in [0, 0.05) is 49.4 Å². The van der Waals surface area contributed by atoms with Crippen LogP contribution < -0.4 is 5.32 Å². The number of benzene rings is 1. The molecule has 1 aliphatic heterocycles. The van der Waals surface area contributed by atoms with E-state index in [0.29, 0.717) is 6.54 Å². The van der Waals surface area contributed by atoms with Crippen LogP contribution in [0, 0.1) is 5.92 Å². The summed E-state index contributed by atoms with van der Waals surface area (Å²) < 4.78 is 1.80. The van der Waals surface area contributed by atoms with Crippen LogP contribution in [0.1, 0.15) is 29.5 Å². The van der Waals surface area contributed by atoms with E-state index in [2.05, 4.69) is 10.4 Å². The molecule has 3 atom stereocenters. The first-order chi connectivity index (χ1) is 11.6. The van der Waals surface area contributed by atoms with E-state index >= 15 is 0 Å². The first-order valence-corrected chi connectivity index (χ1v) is 8.76. The normalized spacial score (nSPS) is 26.4. The van der Waals surface area contributed by atoms with Crippen LogP contribution >= 0.6 is 11.6 Å². The van der Waals surface area contributed by atoms with E-state index in [1.165, 1.54) is 0 Å². The summed E-state index contributed by atoms with van der Waals surface area (Å²) in [5, 5.41) is 8.48. The van der Waals surface area contributed by atoms with Crippen LogP contribution in [0.15, 0.2) is 36.7 Å². The van der Waals surface area contributed by atoms with Crippen molar-refractivity contribution in [2.45, 2.75) is 18.4 Å². The second-order valence-electron chi connectivity index (χ2n) is 6.71. The maximum absolute atomic E-state index is 12.9. The van der Waals surface area contributed by atoms with E-state index < -0.39 is 0 Å². The average molecular weight is 345 g/mol. The number of hydrogen-bond donors (Lipinski definition) is 1. The first-order valence-electron chi connectivity index (χ1n) is 8.38. The van der Waals surface area contributed by atoms with Gasteiger partial charge in [-0.1, -0.05) is 29.8 Å². The van der Waals surface area contributed by atoms with E-state index in [-0.39, 0.29) is 23.8 Å². The minimum absolute atomic E-state index is 0.0811. The molecule has 4 rings (SSSR count). The topological polar surface area (TPSA) is 50.2 Å². The monoisotopic (exact) mass is 344 g/mol. The Bertz CT molecular complexity index is 759. The van der Waals surface area contributed by atoms with Gasteiger partial charge in [-0.3, -0.25) is 9.48 Å². The molecule has 2 aromatic rings. The van der Waals surface area contributed by atoms with Crippen molar-refractivity contribution in [3.63, 3.8) is 0 Å². The number of aryl methyl sites for hydroxylation is 1. The minimum Gasteiger partial charge on any atom is -0.339 e. The zero-order valence-electron chi connectivity index (χ0n) is 13.7. The molecule has 0 bridgehead atoms. The predicted octanol–water partition coefficient (Wildman–Crippen LogP) is 2.35. The van der Waals surface area contributed by atoms with E-state index in [1.807, 2.05) is 48.6 Å². The van der Waals surface area contributed by atoms with Crippen LogP contribution in [0.2, 0.25) is 5.02 Å². The lowest BCUT2D eigenvalue weighted by molar-refractivity contribution is -0.133. The molecule has 5 nitrogen and oxygen atoms in total. The van der Waals surface area contributed by atoms with Gasteiger partial charge in [0.15, 0.2) is 0 Å². The molecule has 1 N–H and O–H groups in total. The molecule has 1 aromatic heterocycles. The number of carbonyl (C=O) groups excluding carboxylic acids is 1. The highest BCUT2D eigenvalue weighted by molar-refractivity contribution is 6.31. The molecule has 2 fully saturated rings. The van der Waals surface area contributed by atoms with Gasteiger partial charge in [-0.15, -0.1) is 0 Å². The Labute approximate surface area is 146 Å². The zero-order chi connectivity index (χ0) is 16.7. The molecule has 1 saturated heterocycles. The van der Waals surface area contributed by atoms with Crippen molar-refractivity contribution >= 4 is 17.5 Å². The van der Waals surface area contributed by atoms with Crippen LogP contribution in [-0.4, -0.2) is 40.2 Å². The Hall–Kier alpha value is -1.85. The van der Waals surface area contributed by atoms with Crippen molar-refractivity contribution in [2.24, 2.45) is 13.0 Å². The molecule has 1 aliphatic carbocycles. The summed E-state index contributed by atoms with van der Waals surface area (Å²) >= 11 is 6.28. The van der Waals surface area contributed by atoms with Gasteiger partial charge >= 0.3 is 0 Å². The molecule has 2 heterocycles. The fourth-order valence-electron chi connectivity index (χ4n) is 3.62. The van der Waals surface area contributed by atoms with Gasteiger partial charge < -0.3 is 10.2 Å². The minimum atomic E-state index is 0.0811. The average Bonchev–Trinajstić information content (AvgIpc) is 3.27. The molecule has 1 unspecified atom stereocenters. The van der Waals surface area contributed by atoms with E-state index in [1.54, 1.807) is 4.68 Å². The van der Waals surface area contributed by atoms with Gasteiger partial charge in [0.1, 0.15) is 0 Å². The highest BCUT2D eigenvalue weighted by atomic mass is 35.5. The molecule has 1 aromatic carbocycles. The highest BCUT2D eigenvalue weighted by Gasteiger charge is 2.47. The van der Waals surface area contributed by atoms with E-state index in [4.69, 9.17) is 11.6 Å². The Balaban J connectivity index is 1.43. The summed E-state index contributed by atoms with van der Waals surface area (Å²) in [5.41, 5.74) is 2.24. The fraction of sp³-hybridized carbons (Fsp3) is 0.444. The number of nitrogens with zero attached hydrogens (tertiary/aromatic N) is 3. The number of aromatic nitrogens is 2.